The van der Waals surface area contributed by atoms with Crippen molar-refractivity contribution in [2.45, 2.75) is 91.4 Å². The second-order valence-electron chi connectivity index (χ2n) is 5.74. The largest absolute Gasteiger partial charge is 0.412 e. The van der Waals surface area contributed by atoms with Crippen molar-refractivity contribution in [1.29, 1.82) is 0 Å². The van der Waals surface area contributed by atoms with Crippen LogP contribution in [0.15, 0.2) is 0 Å². The normalized spacial score (nSPS) is 15.9. The molecule has 2 N–H and O–H groups in total. The van der Waals surface area contributed by atoms with Gasteiger partial charge in [-0.05, 0) is 25.2 Å². The van der Waals surface area contributed by atoms with E-state index in [9.17, 15) is 0 Å². The van der Waals surface area contributed by atoms with Gasteiger partial charge in [0.25, 0.3) is 0 Å². The van der Waals surface area contributed by atoms with Gasteiger partial charge in [0.1, 0.15) is 0 Å². The van der Waals surface area contributed by atoms with Gasteiger partial charge in [0, 0.05) is 13.2 Å². The maximum absolute atomic E-state index is 5.07. The molecule has 2 heteroatoms. The Labute approximate surface area is 121 Å². The zero-order valence-corrected chi connectivity index (χ0v) is 13.7. The molecule has 0 amide bonds. The molecule has 118 valence electrons. The lowest BCUT2D eigenvalue weighted by Crippen LogP contribution is -2.03. The van der Waals surface area contributed by atoms with Gasteiger partial charge in [-0.2, -0.15) is 0 Å². The molecule has 0 aliphatic carbocycles. The molecule has 0 aromatic carbocycles. The van der Waals surface area contributed by atoms with E-state index < -0.39 is 0 Å². The highest BCUT2D eigenvalue weighted by atomic mass is 16.5. The molecule has 0 aromatic heterocycles. The highest BCUT2D eigenvalue weighted by molar-refractivity contribution is 4.51. The third kappa shape index (κ3) is 17.9. The van der Waals surface area contributed by atoms with E-state index in [-0.39, 0.29) is 5.48 Å². The molecule has 1 atom stereocenters. The van der Waals surface area contributed by atoms with Crippen molar-refractivity contribution >= 4 is 0 Å². The molecule has 1 saturated heterocycles. The molecule has 0 aromatic rings. The summed E-state index contributed by atoms with van der Waals surface area (Å²) < 4.78 is 5.07. The standard InChI is InChI=1S/C12H26.C5H10O.H2O/c1-4-6-7-8-9-10-11-12(3)5-2;1-2-4-6-5-3-1;/h12H,4-11H2,1-3H3;1-5H2;1H2. The van der Waals surface area contributed by atoms with Crippen LogP contribution in [0.4, 0.5) is 0 Å². The molecule has 0 spiro atoms. The molecule has 0 radical (unpaired) electrons. The van der Waals surface area contributed by atoms with Crippen LogP contribution in [0.3, 0.4) is 0 Å². The lowest BCUT2D eigenvalue weighted by molar-refractivity contribution is 0.0968. The summed E-state index contributed by atoms with van der Waals surface area (Å²) in [6, 6.07) is 0. The van der Waals surface area contributed by atoms with Crippen LogP contribution in [-0.4, -0.2) is 18.7 Å². The van der Waals surface area contributed by atoms with Crippen molar-refractivity contribution < 1.29 is 10.2 Å². The Balaban J connectivity index is 0. The Kier molecular flexibility index (Phi) is 20.0. The van der Waals surface area contributed by atoms with Crippen molar-refractivity contribution in [2.24, 2.45) is 5.92 Å². The zero-order chi connectivity index (χ0) is 13.5. The molecule has 1 fully saturated rings. The van der Waals surface area contributed by atoms with Crippen LogP contribution < -0.4 is 0 Å². The second-order valence-corrected chi connectivity index (χ2v) is 5.74. The van der Waals surface area contributed by atoms with Crippen molar-refractivity contribution in [3.05, 3.63) is 0 Å². The summed E-state index contributed by atoms with van der Waals surface area (Å²) in [5.74, 6) is 0.955. The molecule has 1 aliphatic heterocycles. The van der Waals surface area contributed by atoms with Gasteiger partial charge < -0.3 is 10.2 Å². The molecular formula is C17H38O2. The van der Waals surface area contributed by atoms with Crippen LogP contribution in [0, 0.1) is 5.92 Å². The Bertz CT molecular complexity index is 133. The molecule has 1 rings (SSSR count). The topological polar surface area (TPSA) is 40.7 Å². The number of ether oxygens (including phenoxy) is 1. The quantitative estimate of drug-likeness (QED) is 0.565. The van der Waals surface area contributed by atoms with Gasteiger partial charge in [-0.15, -0.1) is 0 Å². The minimum atomic E-state index is 0. The van der Waals surface area contributed by atoms with Crippen molar-refractivity contribution in [2.75, 3.05) is 13.2 Å². The molecule has 1 aliphatic rings. The summed E-state index contributed by atoms with van der Waals surface area (Å²) >= 11 is 0. The van der Waals surface area contributed by atoms with Gasteiger partial charge in [-0.3, -0.25) is 0 Å². The molecule has 0 saturated carbocycles. The first-order valence-corrected chi connectivity index (χ1v) is 8.39. The molecular weight excluding hydrogens is 236 g/mol. The summed E-state index contributed by atoms with van der Waals surface area (Å²) in [6.45, 7) is 8.94. The highest BCUT2D eigenvalue weighted by Gasteiger charge is 1.97. The molecule has 19 heavy (non-hydrogen) atoms. The zero-order valence-electron chi connectivity index (χ0n) is 13.7. The SMILES string of the molecule is C1CCOCC1.CCCCCCCCC(C)CC.O. The number of hydrogen-bond acceptors (Lipinski definition) is 1. The molecule has 2 nitrogen and oxygen atoms in total. The Morgan fingerprint density at radius 2 is 1.42 bits per heavy atom. The van der Waals surface area contributed by atoms with E-state index in [1.54, 1.807) is 0 Å². The first-order chi connectivity index (χ1) is 8.81. The van der Waals surface area contributed by atoms with Crippen LogP contribution in [0.5, 0.6) is 0 Å². The maximum Gasteiger partial charge on any atom is 0.0466 e. The first-order valence-electron chi connectivity index (χ1n) is 8.39. The van der Waals surface area contributed by atoms with E-state index in [0.29, 0.717) is 0 Å². The number of hydrogen-bond donors (Lipinski definition) is 0. The number of rotatable bonds is 8. The van der Waals surface area contributed by atoms with E-state index in [1.165, 1.54) is 70.6 Å². The van der Waals surface area contributed by atoms with E-state index >= 15 is 0 Å². The fourth-order valence-corrected chi connectivity index (χ4v) is 2.16. The Morgan fingerprint density at radius 3 is 1.84 bits per heavy atom. The monoisotopic (exact) mass is 274 g/mol. The predicted molar refractivity (Wildman–Crippen MR) is 85.7 cm³/mol. The van der Waals surface area contributed by atoms with Crippen LogP contribution in [0.1, 0.15) is 91.4 Å². The van der Waals surface area contributed by atoms with E-state index in [0.717, 1.165) is 19.1 Å². The van der Waals surface area contributed by atoms with Gasteiger partial charge in [-0.25, -0.2) is 0 Å². The average molecular weight is 274 g/mol. The summed E-state index contributed by atoms with van der Waals surface area (Å²) in [7, 11) is 0. The van der Waals surface area contributed by atoms with E-state index in [1.807, 2.05) is 0 Å². The molecule has 1 heterocycles. The van der Waals surface area contributed by atoms with Gasteiger partial charge in [0.05, 0.1) is 0 Å². The summed E-state index contributed by atoms with van der Waals surface area (Å²) in [5.41, 5.74) is 0. The lowest BCUT2D eigenvalue weighted by Gasteiger charge is -2.08. The third-order valence-electron chi connectivity index (χ3n) is 3.82. The van der Waals surface area contributed by atoms with E-state index in [2.05, 4.69) is 20.8 Å². The molecule has 1 unspecified atom stereocenters. The lowest BCUT2D eigenvalue weighted by atomic mass is 10.00. The minimum absolute atomic E-state index is 0. The van der Waals surface area contributed by atoms with Crippen molar-refractivity contribution in [1.82, 2.24) is 0 Å². The van der Waals surface area contributed by atoms with Crippen molar-refractivity contribution in [3.8, 4) is 0 Å². The average Bonchev–Trinajstić information content (AvgIpc) is 2.45. The van der Waals surface area contributed by atoms with Gasteiger partial charge in [0.2, 0.25) is 0 Å². The predicted octanol–water partition coefficient (Wildman–Crippen LogP) is 5.15. The van der Waals surface area contributed by atoms with Gasteiger partial charge in [-0.1, -0.05) is 72.1 Å². The second kappa shape index (κ2) is 17.9. The number of unbranched alkanes of at least 4 members (excludes halogenated alkanes) is 5. The molecule has 0 bridgehead atoms. The Hall–Kier alpha value is -0.0800. The van der Waals surface area contributed by atoms with Crippen LogP contribution in [0.2, 0.25) is 0 Å². The van der Waals surface area contributed by atoms with Gasteiger partial charge >= 0.3 is 0 Å². The van der Waals surface area contributed by atoms with Crippen LogP contribution in [0.25, 0.3) is 0 Å². The van der Waals surface area contributed by atoms with Crippen LogP contribution >= 0.6 is 0 Å². The maximum atomic E-state index is 5.07. The fraction of sp³-hybridized carbons (Fsp3) is 1.00. The fourth-order valence-electron chi connectivity index (χ4n) is 2.16. The summed E-state index contributed by atoms with van der Waals surface area (Å²) in [4.78, 5) is 0. The van der Waals surface area contributed by atoms with Gasteiger partial charge in [0.15, 0.2) is 0 Å². The smallest absolute Gasteiger partial charge is 0.0466 e. The summed E-state index contributed by atoms with van der Waals surface area (Å²) in [5, 5.41) is 0. The first kappa shape index (κ1) is 21.2. The minimum Gasteiger partial charge on any atom is -0.412 e. The summed E-state index contributed by atoms with van der Waals surface area (Å²) in [6.07, 6.45) is 15.4. The Morgan fingerprint density at radius 1 is 0.842 bits per heavy atom. The highest BCUT2D eigenvalue weighted by Crippen LogP contribution is 2.13. The van der Waals surface area contributed by atoms with Crippen LogP contribution in [-0.2, 0) is 4.74 Å². The third-order valence-corrected chi connectivity index (χ3v) is 3.82. The van der Waals surface area contributed by atoms with Crippen molar-refractivity contribution in [3.63, 3.8) is 0 Å². The van der Waals surface area contributed by atoms with E-state index in [4.69, 9.17) is 4.74 Å².